The topological polar surface area (TPSA) is 41.6 Å². The summed E-state index contributed by atoms with van der Waals surface area (Å²) in [7, 11) is 1.69. The minimum absolute atomic E-state index is 0.263. The highest BCUT2D eigenvalue weighted by molar-refractivity contribution is 5.82. The number of likely N-dealkylation sites (tertiary alicyclic amines) is 1. The molecule has 1 aliphatic heterocycles. The molecule has 4 nitrogen and oxygen atoms in total. The standard InChI is InChI=1S/C21H32N2O2/c1-21(2,14-17-6-4-5-7-19(17)25-3)20(24)23-12-10-18(11-13-23)22-15-16-8-9-16/h4-7,16,18,22H,8-15H2,1-3H3. The molecule has 0 aromatic heterocycles. The van der Waals surface area contributed by atoms with Crippen LogP contribution in [0.3, 0.4) is 0 Å². The lowest BCUT2D eigenvalue weighted by Gasteiger charge is -2.37. The van der Waals surface area contributed by atoms with Crippen LogP contribution in [0.5, 0.6) is 5.75 Å². The highest BCUT2D eigenvalue weighted by Crippen LogP contribution is 2.31. The van der Waals surface area contributed by atoms with E-state index in [0.29, 0.717) is 12.5 Å². The third-order valence-corrected chi connectivity index (χ3v) is 5.58. The van der Waals surface area contributed by atoms with E-state index < -0.39 is 5.41 Å². The average Bonchev–Trinajstić information content (AvgIpc) is 3.44. The Labute approximate surface area is 151 Å². The Balaban J connectivity index is 1.54. The maximum absolute atomic E-state index is 13.1. The first kappa shape index (κ1) is 18.2. The molecule has 4 heteroatoms. The number of benzene rings is 1. The van der Waals surface area contributed by atoms with Crippen LogP contribution in [0.4, 0.5) is 0 Å². The molecule has 1 aromatic rings. The number of nitrogens with one attached hydrogen (secondary N) is 1. The van der Waals surface area contributed by atoms with E-state index >= 15 is 0 Å². The fraction of sp³-hybridized carbons (Fsp3) is 0.667. The van der Waals surface area contributed by atoms with Crippen LogP contribution in [-0.4, -0.2) is 43.6 Å². The summed E-state index contributed by atoms with van der Waals surface area (Å²) in [6, 6.07) is 8.59. The van der Waals surface area contributed by atoms with Gasteiger partial charge in [-0.2, -0.15) is 0 Å². The van der Waals surface area contributed by atoms with Crippen molar-refractivity contribution < 1.29 is 9.53 Å². The van der Waals surface area contributed by atoms with Crippen LogP contribution in [0.25, 0.3) is 0 Å². The quantitative estimate of drug-likeness (QED) is 0.825. The van der Waals surface area contributed by atoms with Crippen molar-refractivity contribution in [3.05, 3.63) is 29.8 Å². The first-order valence-corrected chi connectivity index (χ1v) is 9.64. The Morgan fingerprint density at radius 2 is 1.88 bits per heavy atom. The van der Waals surface area contributed by atoms with Crippen molar-refractivity contribution in [2.45, 2.75) is 52.0 Å². The van der Waals surface area contributed by atoms with Crippen LogP contribution in [0, 0.1) is 11.3 Å². The number of amides is 1. The van der Waals surface area contributed by atoms with E-state index in [-0.39, 0.29) is 5.91 Å². The number of piperidine rings is 1. The smallest absolute Gasteiger partial charge is 0.228 e. The van der Waals surface area contributed by atoms with Crippen molar-refractivity contribution in [1.82, 2.24) is 10.2 Å². The van der Waals surface area contributed by atoms with Crippen molar-refractivity contribution in [3.63, 3.8) is 0 Å². The minimum Gasteiger partial charge on any atom is -0.496 e. The number of carbonyl (C=O) groups is 1. The van der Waals surface area contributed by atoms with Gasteiger partial charge in [-0.05, 0) is 56.2 Å². The Bertz CT molecular complexity index is 587. The fourth-order valence-electron chi connectivity index (χ4n) is 3.77. The number of para-hydroxylation sites is 1. The summed E-state index contributed by atoms with van der Waals surface area (Å²) in [5.41, 5.74) is 0.687. The zero-order chi connectivity index (χ0) is 17.9. The SMILES string of the molecule is COc1ccccc1CC(C)(C)C(=O)N1CCC(NCC2CC2)CC1. The highest BCUT2D eigenvalue weighted by Gasteiger charge is 2.35. The normalized spacial score (nSPS) is 19.1. The number of nitrogens with zero attached hydrogens (tertiary/aromatic N) is 1. The van der Waals surface area contributed by atoms with Gasteiger partial charge in [0.15, 0.2) is 0 Å². The predicted octanol–water partition coefficient (Wildman–Crippen LogP) is 3.25. The molecule has 1 saturated heterocycles. The number of hydrogen-bond acceptors (Lipinski definition) is 3. The molecule has 2 aliphatic rings. The van der Waals surface area contributed by atoms with Crippen LogP contribution < -0.4 is 10.1 Å². The van der Waals surface area contributed by atoms with Crippen LogP contribution in [0.2, 0.25) is 0 Å². The van der Waals surface area contributed by atoms with Gasteiger partial charge >= 0.3 is 0 Å². The van der Waals surface area contributed by atoms with Crippen molar-refractivity contribution >= 4 is 5.91 Å². The van der Waals surface area contributed by atoms with Crippen LogP contribution in [0.15, 0.2) is 24.3 Å². The molecule has 25 heavy (non-hydrogen) atoms. The van der Waals surface area contributed by atoms with Gasteiger partial charge in [0, 0.05) is 24.5 Å². The summed E-state index contributed by atoms with van der Waals surface area (Å²) in [5.74, 6) is 2.05. The van der Waals surface area contributed by atoms with Gasteiger partial charge < -0.3 is 15.0 Å². The molecule has 0 radical (unpaired) electrons. The number of methoxy groups -OCH3 is 1. The van der Waals surface area contributed by atoms with Gasteiger partial charge in [-0.15, -0.1) is 0 Å². The molecule has 0 unspecified atom stereocenters. The molecule has 0 atom stereocenters. The second kappa shape index (κ2) is 7.77. The fourth-order valence-corrected chi connectivity index (χ4v) is 3.77. The molecule has 1 aromatic carbocycles. The Hall–Kier alpha value is -1.55. The molecule has 0 spiro atoms. The second-order valence-electron chi connectivity index (χ2n) is 8.29. The highest BCUT2D eigenvalue weighted by atomic mass is 16.5. The predicted molar refractivity (Wildman–Crippen MR) is 101 cm³/mol. The molecule has 3 rings (SSSR count). The summed E-state index contributed by atoms with van der Waals surface area (Å²) in [4.78, 5) is 15.1. The molecular weight excluding hydrogens is 312 g/mol. The van der Waals surface area contributed by atoms with E-state index in [1.807, 2.05) is 18.2 Å². The van der Waals surface area contributed by atoms with E-state index in [4.69, 9.17) is 4.74 Å². The average molecular weight is 344 g/mol. The van der Waals surface area contributed by atoms with Crippen molar-refractivity contribution in [2.75, 3.05) is 26.7 Å². The molecule has 1 amide bonds. The molecule has 1 saturated carbocycles. The number of carbonyl (C=O) groups excluding carboxylic acids is 1. The molecule has 0 bridgehead atoms. The molecule has 138 valence electrons. The zero-order valence-corrected chi connectivity index (χ0v) is 15.9. The molecule has 1 heterocycles. The Kier molecular flexibility index (Phi) is 5.67. The molecule has 2 fully saturated rings. The maximum atomic E-state index is 13.1. The second-order valence-corrected chi connectivity index (χ2v) is 8.29. The summed E-state index contributed by atoms with van der Waals surface area (Å²) < 4.78 is 5.45. The monoisotopic (exact) mass is 344 g/mol. The molecular formula is C21H32N2O2. The number of hydrogen-bond donors (Lipinski definition) is 1. The Morgan fingerprint density at radius 3 is 2.52 bits per heavy atom. The van der Waals surface area contributed by atoms with Crippen molar-refractivity contribution in [2.24, 2.45) is 11.3 Å². The summed E-state index contributed by atoms with van der Waals surface area (Å²) in [5, 5.41) is 3.68. The van der Waals surface area contributed by atoms with E-state index in [9.17, 15) is 4.79 Å². The number of ether oxygens (including phenoxy) is 1. The van der Waals surface area contributed by atoms with Gasteiger partial charge in [0.2, 0.25) is 5.91 Å². The van der Waals surface area contributed by atoms with Crippen molar-refractivity contribution in [3.8, 4) is 5.75 Å². The van der Waals surface area contributed by atoms with Gasteiger partial charge in [-0.1, -0.05) is 32.0 Å². The lowest BCUT2D eigenvalue weighted by molar-refractivity contribution is -0.141. The lowest BCUT2D eigenvalue weighted by Crippen LogP contribution is -2.49. The zero-order valence-electron chi connectivity index (χ0n) is 15.9. The van der Waals surface area contributed by atoms with Crippen LogP contribution in [0.1, 0.15) is 45.1 Å². The van der Waals surface area contributed by atoms with Gasteiger partial charge in [0.1, 0.15) is 5.75 Å². The first-order valence-electron chi connectivity index (χ1n) is 9.64. The lowest BCUT2D eigenvalue weighted by atomic mass is 9.83. The van der Waals surface area contributed by atoms with Gasteiger partial charge in [-0.25, -0.2) is 0 Å². The van der Waals surface area contributed by atoms with Crippen molar-refractivity contribution in [1.29, 1.82) is 0 Å². The Morgan fingerprint density at radius 1 is 1.20 bits per heavy atom. The van der Waals surface area contributed by atoms with E-state index in [2.05, 4.69) is 30.1 Å². The van der Waals surface area contributed by atoms with E-state index in [0.717, 1.165) is 49.7 Å². The van der Waals surface area contributed by atoms with Crippen LogP contribution >= 0.6 is 0 Å². The first-order chi connectivity index (χ1) is 12.0. The summed E-state index contributed by atoms with van der Waals surface area (Å²) in [6.07, 6.45) is 5.63. The third kappa shape index (κ3) is 4.75. The summed E-state index contributed by atoms with van der Waals surface area (Å²) in [6.45, 7) is 7.02. The van der Waals surface area contributed by atoms with Gasteiger partial charge in [0.05, 0.1) is 7.11 Å². The van der Waals surface area contributed by atoms with E-state index in [1.165, 1.54) is 12.8 Å². The largest absolute Gasteiger partial charge is 0.496 e. The van der Waals surface area contributed by atoms with Crippen LogP contribution in [-0.2, 0) is 11.2 Å². The van der Waals surface area contributed by atoms with Gasteiger partial charge in [0.25, 0.3) is 0 Å². The number of rotatable bonds is 7. The maximum Gasteiger partial charge on any atom is 0.228 e. The molecule has 1 aliphatic carbocycles. The summed E-state index contributed by atoms with van der Waals surface area (Å²) >= 11 is 0. The minimum atomic E-state index is -0.414. The third-order valence-electron chi connectivity index (χ3n) is 5.58. The molecule has 1 N–H and O–H groups in total. The van der Waals surface area contributed by atoms with Gasteiger partial charge in [-0.3, -0.25) is 4.79 Å². The van der Waals surface area contributed by atoms with E-state index in [1.54, 1.807) is 7.11 Å².